The van der Waals surface area contributed by atoms with Gasteiger partial charge in [0.1, 0.15) is 18.4 Å². The van der Waals surface area contributed by atoms with Gasteiger partial charge < -0.3 is 28.3 Å². The summed E-state index contributed by atoms with van der Waals surface area (Å²) in [5.74, 6) is 19.0. The smallest absolute Gasteiger partial charge is 0.321 e. The Hall–Kier alpha value is -2.75. The first kappa shape index (κ1) is 43.2. The van der Waals surface area contributed by atoms with Crippen LogP contribution in [0.2, 0.25) is 0 Å². The SMILES string of the molecule is CC#CC#CC(CCCCCCC)C(=O)OCC(COP(=O)([O-])OCCN(C)CC)OC(=O)C(C#CC#CC)CCCCCCC. The highest BCUT2D eigenvalue weighted by atomic mass is 31.2. The highest BCUT2D eigenvalue weighted by Gasteiger charge is 2.26. The van der Waals surface area contributed by atoms with E-state index in [9.17, 15) is 19.0 Å². The number of ether oxygens (including phenoxy) is 2. The van der Waals surface area contributed by atoms with Gasteiger partial charge in [0.05, 0.1) is 13.2 Å². The second-order valence-corrected chi connectivity index (χ2v) is 12.4. The standard InChI is InChI=1S/C36H56NO8P/c1-7-12-16-18-22-26-32(24-20-14-9-3)35(38)42-30-34(31-44-46(40,41)43-29-28-37(6)11-5)45-36(39)33(25-21-15-10-4)27-23-19-17-13-8-2/h32-34H,7-8,11-13,16-19,22-23,26-31H2,1-6H3,(H,40,41)/p-1. The number of esters is 2. The number of carbonyl (C=O) groups is 2. The number of hydrogen-bond acceptors (Lipinski definition) is 9. The molecule has 0 heterocycles. The molecule has 0 rings (SSSR count). The van der Waals surface area contributed by atoms with Gasteiger partial charge in [-0.1, -0.05) is 109 Å². The zero-order valence-corrected chi connectivity index (χ0v) is 29.8. The third-order valence-corrected chi connectivity index (χ3v) is 7.97. The van der Waals surface area contributed by atoms with Gasteiger partial charge in [0.15, 0.2) is 6.10 Å². The van der Waals surface area contributed by atoms with Crippen LogP contribution in [-0.2, 0) is 32.7 Å². The van der Waals surface area contributed by atoms with E-state index in [2.05, 4.69) is 61.2 Å². The van der Waals surface area contributed by atoms with Gasteiger partial charge in [-0.3, -0.25) is 14.2 Å². The number of nitrogens with zero attached hydrogens (tertiary/aromatic N) is 1. The quantitative estimate of drug-likeness (QED) is 0.0511. The summed E-state index contributed by atoms with van der Waals surface area (Å²) < 4.78 is 33.7. The monoisotopic (exact) mass is 660 g/mol. The van der Waals surface area contributed by atoms with Crippen LogP contribution in [0.25, 0.3) is 0 Å². The van der Waals surface area contributed by atoms with Gasteiger partial charge in [-0.15, -0.1) is 0 Å². The molecule has 0 N–H and O–H groups in total. The fourth-order valence-corrected chi connectivity index (χ4v) is 4.82. The summed E-state index contributed by atoms with van der Waals surface area (Å²) in [7, 11) is -2.90. The van der Waals surface area contributed by atoms with E-state index >= 15 is 0 Å². The lowest BCUT2D eigenvalue weighted by molar-refractivity contribution is -0.228. The van der Waals surface area contributed by atoms with E-state index in [1.807, 2.05) is 18.9 Å². The summed E-state index contributed by atoms with van der Waals surface area (Å²) in [6, 6.07) is 0. The number of rotatable bonds is 25. The molecule has 0 aromatic heterocycles. The van der Waals surface area contributed by atoms with E-state index in [0.29, 0.717) is 19.4 Å². The van der Waals surface area contributed by atoms with Crippen molar-refractivity contribution >= 4 is 19.8 Å². The van der Waals surface area contributed by atoms with E-state index < -0.39 is 50.9 Å². The third kappa shape index (κ3) is 23.6. The Balaban J connectivity index is 5.75. The zero-order valence-electron chi connectivity index (χ0n) is 28.9. The molecule has 0 spiro atoms. The molecule has 0 aliphatic heterocycles. The molecule has 0 aliphatic rings. The Morgan fingerprint density at radius 3 is 1.76 bits per heavy atom. The van der Waals surface area contributed by atoms with Crippen molar-refractivity contribution < 1.29 is 37.6 Å². The minimum Gasteiger partial charge on any atom is -0.756 e. The van der Waals surface area contributed by atoms with E-state index in [-0.39, 0.29) is 6.61 Å². The Bertz CT molecular complexity index is 1160. The first-order chi connectivity index (χ1) is 22.1. The fourth-order valence-electron chi connectivity index (χ4n) is 4.09. The van der Waals surface area contributed by atoms with Gasteiger partial charge >= 0.3 is 11.9 Å². The van der Waals surface area contributed by atoms with Gasteiger partial charge in [-0.05, 0) is 64.0 Å². The molecule has 0 aromatic rings. The summed E-state index contributed by atoms with van der Waals surface area (Å²) in [6.45, 7) is 9.48. The Morgan fingerprint density at radius 2 is 1.26 bits per heavy atom. The molecule has 46 heavy (non-hydrogen) atoms. The molecule has 258 valence electrons. The van der Waals surface area contributed by atoms with Gasteiger partial charge in [0.25, 0.3) is 7.82 Å². The molecule has 0 radical (unpaired) electrons. The molecule has 0 fully saturated rings. The van der Waals surface area contributed by atoms with Gasteiger partial charge in [0, 0.05) is 6.54 Å². The number of phosphoric acid groups is 1. The molecule has 0 bridgehead atoms. The van der Waals surface area contributed by atoms with Crippen LogP contribution < -0.4 is 4.89 Å². The van der Waals surface area contributed by atoms with Crippen molar-refractivity contribution in [1.29, 1.82) is 0 Å². The van der Waals surface area contributed by atoms with E-state index in [0.717, 1.165) is 70.8 Å². The van der Waals surface area contributed by atoms with Gasteiger partial charge in [-0.25, -0.2) is 0 Å². The van der Waals surface area contributed by atoms with Gasteiger partial charge in [-0.2, -0.15) is 0 Å². The summed E-state index contributed by atoms with van der Waals surface area (Å²) in [5, 5.41) is 0. The van der Waals surface area contributed by atoms with Crippen molar-refractivity contribution in [1.82, 2.24) is 4.90 Å². The summed E-state index contributed by atoms with van der Waals surface area (Å²) in [5.41, 5.74) is 0. The molecule has 4 unspecified atom stereocenters. The highest BCUT2D eigenvalue weighted by molar-refractivity contribution is 7.45. The minimum atomic E-state index is -4.73. The van der Waals surface area contributed by atoms with Crippen molar-refractivity contribution in [3.63, 3.8) is 0 Å². The van der Waals surface area contributed by atoms with Crippen molar-refractivity contribution in [3.8, 4) is 47.4 Å². The van der Waals surface area contributed by atoms with Crippen LogP contribution in [0.3, 0.4) is 0 Å². The number of likely N-dealkylation sites (N-methyl/N-ethyl adjacent to an activating group) is 1. The second kappa shape index (κ2) is 28.5. The van der Waals surface area contributed by atoms with Crippen LogP contribution >= 0.6 is 7.82 Å². The van der Waals surface area contributed by atoms with Crippen LogP contribution in [0.5, 0.6) is 0 Å². The van der Waals surface area contributed by atoms with E-state index in [1.54, 1.807) is 13.8 Å². The first-order valence-electron chi connectivity index (χ1n) is 16.6. The minimum absolute atomic E-state index is 0.0992. The molecule has 0 amide bonds. The molecule has 4 atom stereocenters. The number of hydrogen-bond donors (Lipinski definition) is 0. The molecule has 0 saturated heterocycles. The van der Waals surface area contributed by atoms with Crippen LogP contribution in [0.1, 0.15) is 112 Å². The average Bonchev–Trinajstić information content (AvgIpc) is 3.03. The average molecular weight is 661 g/mol. The van der Waals surface area contributed by atoms with Crippen molar-refractivity contribution in [2.24, 2.45) is 11.8 Å². The third-order valence-electron chi connectivity index (χ3n) is 7.00. The van der Waals surface area contributed by atoms with Crippen LogP contribution in [0, 0.1) is 59.2 Å². The molecule has 0 saturated carbocycles. The number of unbranched alkanes of at least 4 members (excludes halogenated alkanes) is 8. The van der Waals surface area contributed by atoms with Gasteiger partial charge in [0.2, 0.25) is 0 Å². The zero-order chi connectivity index (χ0) is 34.5. The summed E-state index contributed by atoms with van der Waals surface area (Å²) >= 11 is 0. The molecule has 0 aliphatic carbocycles. The van der Waals surface area contributed by atoms with Crippen molar-refractivity contribution in [2.45, 2.75) is 118 Å². The van der Waals surface area contributed by atoms with E-state index in [4.69, 9.17) is 18.5 Å². The van der Waals surface area contributed by atoms with Crippen LogP contribution in [0.15, 0.2) is 0 Å². The predicted octanol–water partition coefficient (Wildman–Crippen LogP) is 5.90. The molecule has 0 aromatic carbocycles. The number of phosphoric ester groups is 1. The highest BCUT2D eigenvalue weighted by Crippen LogP contribution is 2.38. The summed E-state index contributed by atoms with van der Waals surface area (Å²) in [6.07, 6.45) is 9.71. The second-order valence-electron chi connectivity index (χ2n) is 11.0. The predicted molar refractivity (Wildman–Crippen MR) is 180 cm³/mol. The Kier molecular flexibility index (Phi) is 26.8. The lowest BCUT2D eigenvalue weighted by atomic mass is 10.0. The lowest BCUT2D eigenvalue weighted by Gasteiger charge is -2.27. The number of carbonyl (C=O) groups excluding carboxylic acids is 2. The molecular formula is C36H55NO8P-. The fraction of sp³-hybridized carbons (Fsp3) is 0.722. The maximum absolute atomic E-state index is 13.3. The Morgan fingerprint density at radius 1 is 0.739 bits per heavy atom. The lowest BCUT2D eigenvalue weighted by Crippen LogP contribution is -2.33. The summed E-state index contributed by atoms with van der Waals surface area (Å²) in [4.78, 5) is 40.7. The Labute approximate surface area is 278 Å². The van der Waals surface area contributed by atoms with E-state index in [1.165, 1.54) is 0 Å². The molecular weight excluding hydrogens is 605 g/mol. The maximum atomic E-state index is 13.3. The van der Waals surface area contributed by atoms with Crippen LogP contribution in [-0.4, -0.2) is 62.9 Å². The maximum Gasteiger partial charge on any atom is 0.321 e. The van der Waals surface area contributed by atoms with Crippen LogP contribution in [0.4, 0.5) is 0 Å². The molecule has 9 nitrogen and oxygen atoms in total. The van der Waals surface area contributed by atoms with Crippen molar-refractivity contribution in [3.05, 3.63) is 0 Å². The first-order valence-corrected chi connectivity index (χ1v) is 18.1. The van der Waals surface area contributed by atoms with Crippen molar-refractivity contribution in [2.75, 3.05) is 40.0 Å². The molecule has 10 heteroatoms. The largest absolute Gasteiger partial charge is 0.756 e. The topological polar surface area (TPSA) is 114 Å². The normalized spacial score (nSPS) is 13.6.